The van der Waals surface area contributed by atoms with Gasteiger partial charge in [0.2, 0.25) is 0 Å². The van der Waals surface area contributed by atoms with Crippen LogP contribution in [0.3, 0.4) is 0 Å². The maximum Gasteiger partial charge on any atom is 0.264 e. The largest absolute Gasteiger partial charge is 0.338 e. The number of hydrogen-bond donors (Lipinski definition) is 0. The van der Waals surface area contributed by atoms with Crippen molar-refractivity contribution < 1.29 is 9.18 Å². The van der Waals surface area contributed by atoms with Crippen molar-refractivity contribution in [3.63, 3.8) is 0 Å². The Morgan fingerprint density at radius 1 is 1.28 bits per heavy atom. The van der Waals surface area contributed by atoms with E-state index in [4.69, 9.17) is 0 Å². The maximum atomic E-state index is 14.2. The number of hydrogen-bond acceptors (Lipinski definition) is 3. The first-order valence-corrected chi connectivity index (χ1v) is 9.37. The third-order valence-electron chi connectivity index (χ3n) is 4.92. The van der Waals surface area contributed by atoms with Gasteiger partial charge >= 0.3 is 0 Å². The second-order valence-electron chi connectivity index (χ2n) is 6.76. The summed E-state index contributed by atoms with van der Waals surface area (Å²) in [6.45, 7) is 3.85. The maximum absolute atomic E-state index is 14.2. The van der Waals surface area contributed by atoms with Crippen LogP contribution in [-0.2, 0) is 7.05 Å². The van der Waals surface area contributed by atoms with Crippen molar-refractivity contribution in [2.75, 3.05) is 13.1 Å². The molecule has 1 aliphatic rings. The monoisotopic (exact) mass is 357 g/mol. The normalized spacial score (nSPS) is 15.9. The number of likely N-dealkylation sites (tertiary alicyclic amines) is 1. The van der Waals surface area contributed by atoms with Crippen molar-refractivity contribution in [3.8, 4) is 11.3 Å². The molecule has 0 unspecified atom stereocenters. The lowest BCUT2D eigenvalue weighted by Gasteiger charge is -2.29. The predicted molar refractivity (Wildman–Crippen MR) is 98.3 cm³/mol. The summed E-state index contributed by atoms with van der Waals surface area (Å²) in [6, 6.07) is 8.49. The molecule has 2 aromatic heterocycles. The lowest BCUT2D eigenvalue weighted by molar-refractivity contribution is 0.0702. The molecule has 25 heavy (non-hydrogen) atoms. The third kappa shape index (κ3) is 2.84. The van der Waals surface area contributed by atoms with Crippen molar-refractivity contribution >= 4 is 27.5 Å². The number of aromatic nitrogens is 2. The molecule has 0 atom stereocenters. The highest BCUT2D eigenvalue weighted by molar-refractivity contribution is 7.20. The van der Waals surface area contributed by atoms with E-state index in [2.05, 4.69) is 12.0 Å². The molecule has 1 aromatic carbocycles. The molecule has 4 nitrogen and oxygen atoms in total. The molecule has 0 radical (unpaired) electrons. The van der Waals surface area contributed by atoms with Gasteiger partial charge in [-0.15, -0.1) is 11.3 Å². The standard InChI is InChI=1S/C19H20FN3OS/c1-12-7-9-23(10-8-12)18(24)16-11-14-17(21-22(2)19(14)25-16)13-5-3-4-6-15(13)20/h3-6,11-12H,7-10H2,1-2H3. The van der Waals surface area contributed by atoms with Gasteiger partial charge < -0.3 is 4.90 Å². The number of amides is 1. The Labute approximate surface area is 149 Å². The first-order chi connectivity index (χ1) is 12.0. The molecule has 1 aliphatic heterocycles. The van der Waals surface area contributed by atoms with Crippen molar-refractivity contribution in [1.82, 2.24) is 14.7 Å². The molecule has 0 saturated carbocycles. The Hall–Kier alpha value is -2.21. The van der Waals surface area contributed by atoms with Crippen LogP contribution in [0.5, 0.6) is 0 Å². The van der Waals surface area contributed by atoms with Crippen molar-refractivity contribution in [3.05, 3.63) is 41.0 Å². The second kappa shape index (κ2) is 6.26. The van der Waals surface area contributed by atoms with Crippen LogP contribution in [0.25, 0.3) is 21.5 Å². The Bertz CT molecular complexity index is 937. The summed E-state index contributed by atoms with van der Waals surface area (Å²) >= 11 is 1.43. The summed E-state index contributed by atoms with van der Waals surface area (Å²) in [6.07, 6.45) is 2.11. The van der Waals surface area contributed by atoms with Crippen LogP contribution >= 0.6 is 11.3 Å². The minimum absolute atomic E-state index is 0.0765. The Kier molecular flexibility index (Phi) is 4.07. The number of piperidine rings is 1. The van der Waals surface area contributed by atoms with E-state index < -0.39 is 0 Å². The lowest BCUT2D eigenvalue weighted by Crippen LogP contribution is -2.37. The number of thiophene rings is 1. The van der Waals surface area contributed by atoms with E-state index in [0.29, 0.717) is 22.1 Å². The van der Waals surface area contributed by atoms with Gasteiger partial charge in [-0.1, -0.05) is 19.1 Å². The van der Waals surface area contributed by atoms with Gasteiger partial charge in [0.15, 0.2) is 0 Å². The van der Waals surface area contributed by atoms with E-state index in [1.54, 1.807) is 22.9 Å². The number of aryl methyl sites for hydroxylation is 1. The molecule has 1 fully saturated rings. The fourth-order valence-electron chi connectivity index (χ4n) is 3.37. The summed E-state index contributed by atoms with van der Waals surface area (Å²) in [5, 5.41) is 5.31. The highest BCUT2D eigenvalue weighted by Crippen LogP contribution is 2.35. The highest BCUT2D eigenvalue weighted by atomic mass is 32.1. The predicted octanol–water partition coefficient (Wildman–Crippen LogP) is 4.31. The van der Waals surface area contributed by atoms with Crippen LogP contribution in [0.4, 0.5) is 4.39 Å². The van der Waals surface area contributed by atoms with Crippen LogP contribution in [0.1, 0.15) is 29.4 Å². The molecule has 0 N–H and O–H groups in total. The van der Waals surface area contributed by atoms with Gasteiger partial charge in [0, 0.05) is 31.1 Å². The molecule has 0 bridgehead atoms. The average molecular weight is 357 g/mol. The van der Waals surface area contributed by atoms with Crippen LogP contribution in [0, 0.1) is 11.7 Å². The number of carbonyl (C=O) groups is 1. The van der Waals surface area contributed by atoms with Gasteiger partial charge in [0.25, 0.3) is 5.91 Å². The zero-order chi connectivity index (χ0) is 17.6. The molecule has 1 saturated heterocycles. The molecule has 1 amide bonds. The zero-order valence-corrected chi connectivity index (χ0v) is 15.1. The van der Waals surface area contributed by atoms with Crippen molar-refractivity contribution in [1.29, 1.82) is 0 Å². The molecular formula is C19H20FN3OS. The van der Waals surface area contributed by atoms with Crippen molar-refractivity contribution in [2.24, 2.45) is 13.0 Å². The Balaban J connectivity index is 1.73. The summed E-state index contributed by atoms with van der Waals surface area (Å²) < 4.78 is 15.9. The van der Waals surface area contributed by atoms with Crippen LogP contribution in [0.15, 0.2) is 30.3 Å². The lowest BCUT2D eigenvalue weighted by atomic mass is 9.99. The van der Waals surface area contributed by atoms with Gasteiger partial charge in [0.05, 0.1) is 4.88 Å². The highest BCUT2D eigenvalue weighted by Gasteiger charge is 2.25. The number of benzene rings is 1. The van der Waals surface area contributed by atoms with E-state index in [-0.39, 0.29) is 11.7 Å². The molecule has 3 aromatic rings. The number of carbonyl (C=O) groups excluding carboxylic acids is 1. The van der Waals surface area contributed by atoms with Crippen LogP contribution in [0.2, 0.25) is 0 Å². The summed E-state index contributed by atoms with van der Waals surface area (Å²) in [4.78, 5) is 16.4. The summed E-state index contributed by atoms with van der Waals surface area (Å²) in [5.74, 6) is 0.461. The molecule has 3 heterocycles. The van der Waals surface area contributed by atoms with E-state index >= 15 is 0 Å². The third-order valence-corrected chi connectivity index (χ3v) is 6.11. The quantitative estimate of drug-likeness (QED) is 0.685. The minimum Gasteiger partial charge on any atom is -0.338 e. The van der Waals surface area contributed by atoms with E-state index in [1.165, 1.54) is 17.4 Å². The second-order valence-corrected chi connectivity index (χ2v) is 7.79. The number of halogens is 1. The minimum atomic E-state index is -0.299. The molecule has 130 valence electrons. The van der Waals surface area contributed by atoms with E-state index in [0.717, 1.165) is 36.1 Å². The Morgan fingerprint density at radius 3 is 2.72 bits per heavy atom. The zero-order valence-electron chi connectivity index (χ0n) is 14.3. The van der Waals surface area contributed by atoms with E-state index in [1.807, 2.05) is 18.0 Å². The number of nitrogens with zero attached hydrogens (tertiary/aromatic N) is 3. The fraction of sp³-hybridized carbons (Fsp3) is 0.368. The molecule has 6 heteroatoms. The van der Waals surface area contributed by atoms with Crippen LogP contribution < -0.4 is 0 Å². The van der Waals surface area contributed by atoms with Gasteiger partial charge in [-0.05, 0) is 37.0 Å². The number of rotatable bonds is 2. The van der Waals surface area contributed by atoms with E-state index in [9.17, 15) is 9.18 Å². The fourth-order valence-corrected chi connectivity index (χ4v) is 4.41. The summed E-state index contributed by atoms with van der Waals surface area (Å²) in [7, 11) is 1.83. The molecule has 4 rings (SSSR count). The molecule has 0 aliphatic carbocycles. The van der Waals surface area contributed by atoms with Gasteiger partial charge in [0.1, 0.15) is 16.3 Å². The first-order valence-electron chi connectivity index (χ1n) is 8.55. The molecule has 0 spiro atoms. The topological polar surface area (TPSA) is 38.1 Å². The van der Waals surface area contributed by atoms with Crippen LogP contribution in [-0.4, -0.2) is 33.7 Å². The first kappa shape index (κ1) is 16.3. The van der Waals surface area contributed by atoms with Gasteiger partial charge in [-0.2, -0.15) is 5.10 Å². The average Bonchev–Trinajstić information content (AvgIpc) is 3.16. The SMILES string of the molecule is CC1CCN(C(=O)c2cc3c(-c4ccccc4F)nn(C)c3s2)CC1. The van der Waals surface area contributed by atoms with Gasteiger partial charge in [-0.25, -0.2) is 4.39 Å². The summed E-state index contributed by atoms with van der Waals surface area (Å²) in [5.41, 5.74) is 1.06. The number of fused-ring (bicyclic) bond motifs is 1. The Morgan fingerprint density at radius 2 is 2.00 bits per heavy atom. The molecular weight excluding hydrogens is 337 g/mol. The van der Waals surface area contributed by atoms with Gasteiger partial charge in [-0.3, -0.25) is 9.48 Å². The van der Waals surface area contributed by atoms with Crippen molar-refractivity contribution in [2.45, 2.75) is 19.8 Å². The smallest absolute Gasteiger partial charge is 0.264 e.